The zero-order valence-electron chi connectivity index (χ0n) is 8.93. The standard InChI is InChI=1S/C11H22ClN/c1-3-11(4-2)13-7-5-10(9-12)6-8-13/h10-11H,3-9H2,1-2H3. The average Bonchev–Trinajstić information content (AvgIpc) is 2.21. The van der Waals surface area contributed by atoms with E-state index in [1.54, 1.807) is 0 Å². The third-order valence-electron chi connectivity index (χ3n) is 3.33. The van der Waals surface area contributed by atoms with Crippen LogP contribution in [0.2, 0.25) is 0 Å². The number of hydrogen-bond acceptors (Lipinski definition) is 1. The van der Waals surface area contributed by atoms with Gasteiger partial charge < -0.3 is 4.90 Å². The smallest absolute Gasteiger partial charge is 0.0252 e. The Bertz CT molecular complexity index is 126. The Labute approximate surface area is 87.4 Å². The topological polar surface area (TPSA) is 3.24 Å². The quantitative estimate of drug-likeness (QED) is 0.635. The molecule has 1 aliphatic heterocycles. The highest BCUT2D eigenvalue weighted by Gasteiger charge is 2.22. The highest BCUT2D eigenvalue weighted by atomic mass is 35.5. The lowest BCUT2D eigenvalue weighted by atomic mass is 9.96. The van der Waals surface area contributed by atoms with Gasteiger partial charge in [0.1, 0.15) is 0 Å². The fourth-order valence-electron chi connectivity index (χ4n) is 2.28. The summed E-state index contributed by atoms with van der Waals surface area (Å²) in [7, 11) is 0. The van der Waals surface area contributed by atoms with Gasteiger partial charge in [0.05, 0.1) is 0 Å². The van der Waals surface area contributed by atoms with E-state index in [0.717, 1.165) is 17.8 Å². The Morgan fingerprint density at radius 2 is 1.77 bits per heavy atom. The monoisotopic (exact) mass is 203 g/mol. The minimum atomic E-state index is 0.785. The molecule has 1 heterocycles. The summed E-state index contributed by atoms with van der Waals surface area (Å²) in [4.78, 5) is 2.64. The van der Waals surface area contributed by atoms with Crippen LogP contribution in [-0.4, -0.2) is 29.9 Å². The number of piperidine rings is 1. The molecule has 0 spiro atoms. The van der Waals surface area contributed by atoms with E-state index in [9.17, 15) is 0 Å². The van der Waals surface area contributed by atoms with E-state index in [-0.39, 0.29) is 0 Å². The molecule has 13 heavy (non-hydrogen) atoms. The molecule has 0 aromatic heterocycles. The van der Waals surface area contributed by atoms with Crippen molar-refractivity contribution in [3.05, 3.63) is 0 Å². The largest absolute Gasteiger partial charge is 0.300 e. The molecule has 0 aromatic carbocycles. The highest BCUT2D eigenvalue weighted by molar-refractivity contribution is 6.18. The number of hydrogen-bond donors (Lipinski definition) is 0. The van der Waals surface area contributed by atoms with Crippen LogP contribution in [-0.2, 0) is 0 Å². The zero-order chi connectivity index (χ0) is 9.68. The molecule has 0 atom stereocenters. The molecule has 0 unspecified atom stereocenters. The van der Waals surface area contributed by atoms with E-state index in [1.807, 2.05) is 0 Å². The number of nitrogens with zero attached hydrogens (tertiary/aromatic N) is 1. The van der Waals surface area contributed by atoms with Crippen molar-refractivity contribution >= 4 is 11.6 Å². The fraction of sp³-hybridized carbons (Fsp3) is 1.00. The van der Waals surface area contributed by atoms with E-state index in [1.165, 1.54) is 38.8 Å². The molecule has 0 saturated carbocycles. The molecule has 1 rings (SSSR count). The molecule has 78 valence electrons. The molecule has 0 aromatic rings. The Kier molecular flexibility index (Phi) is 5.12. The Morgan fingerprint density at radius 3 is 2.15 bits per heavy atom. The van der Waals surface area contributed by atoms with Gasteiger partial charge in [0, 0.05) is 11.9 Å². The summed E-state index contributed by atoms with van der Waals surface area (Å²) in [6.45, 7) is 7.12. The lowest BCUT2D eigenvalue weighted by Gasteiger charge is -2.36. The number of halogens is 1. The first-order valence-corrected chi connectivity index (χ1v) is 6.15. The molecule has 1 nitrogen and oxygen atoms in total. The maximum absolute atomic E-state index is 5.86. The molecule has 0 aliphatic carbocycles. The van der Waals surface area contributed by atoms with Crippen LogP contribution >= 0.6 is 11.6 Å². The molecule has 0 amide bonds. The minimum absolute atomic E-state index is 0.785. The summed E-state index contributed by atoms with van der Waals surface area (Å²) in [5.41, 5.74) is 0. The van der Waals surface area contributed by atoms with E-state index in [0.29, 0.717) is 0 Å². The molecule has 1 fully saturated rings. The zero-order valence-corrected chi connectivity index (χ0v) is 9.69. The SMILES string of the molecule is CCC(CC)N1CCC(CCl)CC1. The summed E-state index contributed by atoms with van der Waals surface area (Å²) in [5, 5.41) is 0. The Hall–Kier alpha value is 0.250. The maximum atomic E-state index is 5.86. The van der Waals surface area contributed by atoms with Gasteiger partial charge in [-0.05, 0) is 44.7 Å². The molecule has 0 bridgehead atoms. The van der Waals surface area contributed by atoms with Gasteiger partial charge in [-0.2, -0.15) is 0 Å². The first-order chi connectivity index (χ1) is 6.31. The van der Waals surface area contributed by atoms with Crippen molar-refractivity contribution in [3.63, 3.8) is 0 Å². The van der Waals surface area contributed by atoms with Crippen LogP contribution in [0, 0.1) is 5.92 Å². The van der Waals surface area contributed by atoms with Crippen molar-refractivity contribution in [3.8, 4) is 0 Å². The van der Waals surface area contributed by atoms with Crippen molar-refractivity contribution in [2.24, 2.45) is 5.92 Å². The summed E-state index contributed by atoms with van der Waals surface area (Å²) in [6, 6.07) is 0.816. The van der Waals surface area contributed by atoms with Gasteiger partial charge in [-0.25, -0.2) is 0 Å². The molecular formula is C11H22ClN. The maximum Gasteiger partial charge on any atom is 0.0252 e. The van der Waals surface area contributed by atoms with Crippen LogP contribution in [0.15, 0.2) is 0 Å². The minimum Gasteiger partial charge on any atom is -0.300 e. The highest BCUT2D eigenvalue weighted by Crippen LogP contribution is 2.21. The molecule has 2 heteroatoms. The van der Waals surface area contributed by atoms with Crippen molar-refractivity contribution in [2.75, 3.05) is 19.0 Å². The van der Waals surface area contributed by atoms with E-state index < -0.39 is 0 Å². The van der Waals surface area contributed by atoms with Gasteiger partial charge in [-0.3, -0.25) is 0 Å². The predicted molar refractivity (Wildman–Crippen MR) is 59.4 cm³/mol. The molecule has 0 N–H and O–H groups in total. The van der Waals surface area contributed by atoms with Crippen molar-refractivity contribution < 1.29 is 0 Å². The molecule has 1 saturated heterocycles. The van der Waals surface area contributed by atoms with Gasteiger partial charge >= 0.3 is 0 Å². The molecule has 1 aliphatic rings. The number of likely N-dealkylation sites (tertiary alicyclic amines) is 1. The predicted octanol–water partition coefficient (Wildman–Crippen LogP) is 3.13. The van der Waals surface area contributed by atoms with Gasteiger partial charge in [0.15, 0.2) is 0 Å². The fourth-order valence-corrected chi connectivity index (χ4v) is 2.59. The second-order valence-corrected chi connectivity index (χ2v) is 4.41. The van der Waals surface area contributed by atoms with Crippen LogP contribution in [0.1, 0.15) is 39.5 Å². The van der Waals surface area contributed by atoms with Crippen LogP contribution in [0.5, 0.6) is 0 Å². The van der Waals surface area contributed by atoms with Crippen molar-refractivity contribution in [2.45, 2.75) is 45.6 Å². The van der Waals surface area contributed by atoms with E-state index in [2.05, 4.69) is 18.7 Å². The third kappa shape index (κ3) is 3.14. The second kappa shape index (κ2) is 5.87. The second-order valence-electron chi connectivity index (χ2n) is 4.10. The van der Waals surface area contributed by atoms with Crippen LogP contribution < -0.4 is 0 Å². The number of rotatable bonds is 4. The van der Waals surface area contributed by atoms with Gasteiger partial charge in [0.25, 0.3) is 0 Å². The van der Waals surface area contributed by atoms with Crippen LogP contribution in [0.25, 0.3) is 0 Å². The summed E-state index contributed by atoms with van der Waals surface area (Å²) < 4.78 is 0. The first kappa shape index (κ1) is 11.3. The van der Waals surface area contributed by atoms with Gasteiger partial charge in [0.2, 0.25) is 0 Å². The Balaban J connectivity index is 2.30. The van der Waals surface area contributed by atoms with Crippen molar-refractivity contribution in [1.29, 1.82) is 0 Å². The Morgan fingerprint density at radius 1 is 1.23 bits per heavy atom. The van der Waals surface area contributed by atoms with Gasteiger partial charge in [-0.15, -0.1) is 11.6 Å². The van der Waals surface area contributed by atoms with Crippen molar-refractivity contribution in [1.82, 2.24) is 4.90 Å². The lowest BCUT2D eigenvalue weighted by Crippen LogP contribution is -2.41. The molecule has 0 radical (unpaired) electrons. The van der Waals surface area contributed by atoms with E-state index >= 15 is 0 Å². The first-order valence-electron chi connectivity index (χ1n) is 5.61. The average molecular weight is 204 g/mol. The normalized spacial score (nSPS) is 21.2. The van der Waals surface area contributed by atoms with Gasteiger partial charge in [-0.1, -0.05) is 13.8 Å². The summed E-state index contributed by atoms with van der Waals surface area (Å²) in [5.74, 6) is 1.64. The van der Waals surface area contributed by atoms with E-state index in [4.69, 9.17) is 11.6 Å². The summed E-state index contributed by atoms with van der Waals surface area (Å²) in [6.07, 6.45) is 5.20. The molecular weight excluding hydrogens is 182 g/mol. The third-order valence-corrected chi connectivity index (χ3v) is 3.76. The van der Waals surface area contributed by atoms with Crippen LogP contribution in [0.4, 0.5) is 0 Å². The lowest BCUT2D eigenvalue weighted by molar-refractivity contribution is 0.132. The van der Waals surface area contributed by atoms with Crippen LogP contribution in [0.3, 0.4) is 0 Å². The number of alkyl halides is 1. The summed E-state index contributed by atoms with van der Waals surface area (Å²) >= 11 is 5.86.